The number of aromatic nitrogens is 1. The van der Waals surface area contributed by atoms with E-state index in [0.29, 0.717) is 12.8 Å². The highest BCUT2D eigenvalue weighted by Gasteiger charge is 2.37. The fourth-order valence-corrected chi connectivity index (χ4v) is 5.90. The van der Waals surface area contributed by atoms with Crippen molar-refractivity contribution in [1.29, 1.82) is 0 Å². The first kappa shape index (κ1) is 26.2. The van der Waals surface area contributed by atoms with E-state index in [1.807, 2.05) is 31.2 Å². The number of halogens is 1. The predicted octanol–water partition coefficient (Wildman–Crippen LogP) is 4.55. The first-order valence-corrected chi connectivity index (χ1v) is 13.0. The van der Waals surface area contributed by atoms with Crippen molar-refractivity contribution in [1.82, 2.24) is 9.46 Å². The quantitative estimate of drug-likeness (QED) is 0.351. The third-order valence-corrected chi connectivity index (χ3v) is 8.12. The summed E-state index contributed by atoms with van der Waals surface area (Å²) >= 11 is 0. The van der Waals surface area contributed by atoms with Crippen LogP contribution in [0.1, 0.15) is 35.4 Å². The van der Waals surface area contributed by atoms with Gasteiger partial charge in [0.15, 0.2) is 10.7 Å². The minimum Gasteiger partial charge on any atom is -0.355 e. The van der Waals surface area contributed by atoms with Crippen molar-refractivity contribution in [3.05, 3.63) is 81.0 Å². The van der Waals surface area contributed by atoms with Gasteiger partial charge in [-0.15, -0.1) is 0 Å². The number of carbonyl (C=O) groups is 1. The van der Waals surface area contributed by atoms with Gasteiger partial charge in [0.1, 0.15) is 5.69 Å². The molecule has 194 valence electrons. The van der Waals surface area contributed by atoms with Gasteiger partial charge >= 0.3 is 5.69 Å². The number of rotatable bonds is 7. The number of anilines is 1. The number of nitro benzene ring substituents is 1. The van der Waals surface area contributed by atoms with Crippen LogP contribution in [0.2, 0.25) is 0 Å². The molecule has 3 aromatic rings. The Kier molecular flexibility index (Phi) is 7.50. The summed E-state index contributed by atoms with van der Waals surface area (Å²) in [6.45, 7) is 3.62. The van der Waals surface area contributed by atoms with E-state index in [1.165, 1.54) is 17.3 Å². The lowest BCUT2D eigenvalue weighted by Gasteiger charge is -2.31. The number of nitrogens with one attached hydrogen (secondary N) is 1. The van der Waals surface area contributed by atoms with Crippen LogP contribution in [-0.2, 0) is 14.8 Å². The molecule has 0 aliphatic carbocycles. The highest BCUT2D eigenvalue weighted by Crippen LogP contribution is 2.30. The molecule has 2 heterocycles. The van der Waals surface area contributed by atoms with E-state index in [2.05, 4.69) is 10.5 Å². The van der Waals surface area contributed by atoms with Crippen LogP contribution in [0.4, 0.5) is 15.8 Å². The van der Waals surface area contributed by atoms with Gasteiger partial charge in [-0.1, -0.05) is 41.1 Å². The Balaban J connectivity index is 1.52. The van der Waals surface area contributed by atoms with E-state index in [-0.39, 0.29) is 35.1 Å². The number of hydrogen-bond donors (Lipinski definition) is 1. The SMILES string of the molecule is Cc1ccc(/C=C/c2onc(C)c2S(=O)(=O)N2CCC[C@H](C(=O)Nc3ccc(F)c([N+](=O)[O-])c3)C2)cc1. The molecule has 0 spiro atoms. The summed E-state index contributed by atoms with van der Waals surface area (Å²) in [6.07, 6.45) is 4.13. The van der Waals surface area contributed by atoms with Crippen LogP contribution in [0.5, 0.6) is 0 Å². The summed E-state index contributed by atoms with van der Waals surface area (Å²) in [7, 11) is -4.05. The molecule has 37 heavy (non-hydrogen) atoms. The summed E-state index contributed by atoms with van der Waals surface area (Å²) in [5.41, 5.74) is 1.45. The molecule has 0 unspecified atom stereocenters. The van der Waals surface area contributed by atoms with Crippen LogP contribution in [0.3, 0.4) is 0 Å². The Morgan fingerprint density at radius 1 is 1.22 bits per heavy atom. The fraction of sp³-hybridized carbons (Fsp3) is 0.280. The van der Waals surface area contributed by atoms with E-state index < -0.39 is 38.3 Å². The minimum atomic E-state index is -4.05. The Labute approximate surface area is 213 Å². The van der Waals surface area contributed by atoms with Gasteiger partial charge in [0, 0.05) is 24.8 Å². The van der Waals surface area contributed by atoms with Crippen molar-refractivity contribution in [2.24, 2.45) is 5.92 Å². The Morgan fingerprint density at radius 2 is 1.95 bits per heavy atom. The monoisotopic (exact) mass is 528 g/mol. The average Bonchev–Trinajstić information content (AvgIpc) is 3.25. The molecule has 0 radical (unpaired) electrons. The van der Waals surface area contributed by atoms with Crippen molar-refractivity contribution in [3.8, 4) is 0 Å². The third-order valence-electron chi connectivity index (χ3n) is 6.10. The van der Waals surface area contributed by atoms with E-state index >= 15 is 0 Å². The van der Waals surface area contributed by atoms with Gasteiger partial charge in [0.2, 0.25) is 21.7 Å². The molecule has 1 fully saturated rings. The Hall–Kier alpha value is -3.90. The minimum absolute atomic E-state index is 0.0523. The van der Waals surface area contributed by atoms with E-state index in [4.69, 9.17) is 4.52 Å². The van der Waals surface area contributed by atoms with Gasteiger partial charge in [-0.25, -0.2) is 8.42 Å². The molecule has 1 aliphatic heterocycles. The second-order valence-electron chi connectivity index (χ2n) is 8.82. The lowest BCUT2D eigenvalue weighted by molar-refractivity contribution is -0.387. The molecule has 1 atom stereocenters. The van der Waals surface area contributed by atoms with Crippen molar-refractivity contribution in [2.45, 2.75) is 31.6 Å². The van der Waals surface area contributed by atoms with Crippen LogP contribution in [0, 0.1) is 35.7 Å². The number of nitro groups is 1. The maximum Gasteiger partial charge on any atom is 0.306 e. The number of hydrogen-bond acceptors (Lipinski definition) is 7. The summed E-state index contributed by atoms with van der Waals surface area (Å²) in [5.74, 6) is -2.15. The highest BCUT2D eigenvalue weighted by molar-refractivity contribution is 7.89. The van der Waals surface area contributed by atoms with E-state index in [1.54, 1.807) is 12.2 Å². The molecular formula is C25H25FN4O6S. The van der Waals surface area contributed by atoms with Crippen molar-refractivity contribution in [3.63, 3.8) is 0 Å². The topological polar surface area (TPSA) is 136 Å². The molecular weight excluding hydrogens is 503 g/mol. The van der Waals surface area contributed by atoms with E-state index in [0.717, 1.165) is 23.3 Å². The second kappa shape index (κ2) is 10.6. The van der Waals surface area contributed by atoms with E-state index in [9.17, 15) is 27.7 Å². The highest BCUT2D eigenvalue weighted by atomic mass is 32.2. The Bertz CT molecular complexity index is 1470. The molecule has 0 saturated carbocycles. The molecule has 1 N–H and O–H groups in total. The molecule has 1 amide bonds. The van der Waals surface area contributed by atoms with Gasteiger partial charge in [0.25, 0.3) is 0 Å². The fourth-order valence-electron chi connectivity index (χ4n) is 4.13. The molecule has 4 rings (SSSR count). The number of nitrogens with zero attached hydrogens (tertiary/aromatic N) is 3. The predicted molar refractivity (Wildman–Crippen MR) is 135 cm³/mol. The number of aryl methyl sites for hydroxylation is 2. The average molecular weight is 529 g/mol. The standard InChI is InChI=1S/C25H25FN4O6S/c1-16-5-7-18(8-6-16)9-12-23-24(17(2)28-36-23)37(34,35)29-13-3-4-19(15-29)25(31)27-20-10-11-21(26)22(14-20)30(32)33/h5-12,14,19H,3-4,13,15H2,1-2H3,(H,27,31)/b12-9+/t19-/m0/s1. The van der Waals surface area contributed by atoms with Crippen molar-refractivity contribution < 1.29 is 27.0 Å². The second-order valence-corrected chi connectivity index (χ2v) is 10.7. The zero-order valence-electron chi connectivity index (χ0n) is 20.2. The molecule has 1 aliphatic rings. The number of piperidine rings is 1. The molecule has 1 saturated heterocycles. The maximum atomic E-state index is 13.6. The number of amides is 1. The molecule has 1 aromatic heterocycles. The molecule has 10 nitrogen and oxygen atoms in total. The molecule has 0 bridgehead atoms. The number of sulfonamides is 1. The summed E-state index contributed by atoms with van der Waals surface area (Å²) < 4.78 is 47.3. The first-order valence-electron chi connectivity index (χ1n) is 11.5. The number of benzene rings is 2. The van der Waals surface area contributed by atoms with Gasteiger partial charge in [-0.05, 0) is 50.5 Å². The Morgan fingerprint density at radius 3 is 2.65 bits per heavy atom. The van der Waals surface area contributed by atoms with Crippen LogP contribution >= 0.6 is 0 Å². The van der Waals surface area contributed by atoms with Gasteiger partial charge < -0.3 is 9.84 Å². The summed E-state index contributed by atoms with van der Waals surface area (Å²) in [5, 5.41) is 17.4. The summed E-state index contributed by atoms with van der Waals surface area (Å²) in [6, 6.07) is 10.7. The third kappa shape index (κ3) is 5.75. The van der Waals surface area contributed by atoms with Crippen LogP contribution in [-0.4, -0.2) is 41.8 Å². The van der Waals surface area contributed by atoms with Crippen LogP contribution in [0.25, 0.3) is 12.2 Å². The first-order chi connectivity index (χ1) is 17.6. The van der Waals surface area contributed by atoms with Gasteiger partial charge in [-0.3, -0.25) is 14.9 Å². The van der Waals surface area contributed by atoms with Crippen molar-refractivity contribution in [2.75, 3.05) is 18.4 Å². The zero-order valence-corrected chi connectivity index (χ0v) is 21.0. The lowest BCUT2D eigenvalue weighted by atomic mass is 9.98. The maximum absolute atomic E-state index is 13.6. The van der Waals surface area contributed by atoms with Crippen LogP contribution < -0.4 is 5.32 Å². The normalized spacial score (nSPS) is 16.7. The largest absolute Gasteiger partial charge is 0.355 e. The zero-order chi connectivity index (χ0) is 26.7. The van der Waals surface area contributed by atoms with Crippen LogP contribution in [0.15, 0.2) is 51.9 Å². The van der Waals surface area contributed by atoms with Crippen molar-refractivity contribution >= 4 is 39.5 Å². The lowest BCUT2D eigenvalue weighted by Crippen LogP contribution is -2.43. The summed E-state index contributed by atoms with van der Waals surface area (Å²) in [4.78, 5) is 22.9. The van der Waals surface area contributed by atoms with Gasteiger partial charge in [-0.2, -0.15) is 8.70 Å². The number of carbonyl (C=O) groups excluding carboxylic acids is 1. The van der Waals surface area contributed by atoms with Gasteiger partial charge in [0.05, 0.1) is 10.8 Å². The molecule has 2 aromatic carbocycles. The molecule has 12 heteroatoms. The smallest absolute Gasteiger partial charge is 0.306 e.